The van der Waals surface area contributed by atoms with Crippen molar-refractivity contribution in [3.63, 3.8) is 0 Å². The van der Waals surface area contributed by atoms with Crippen LogP contribution in [0.15, 0.2) is 18.3 Å². The Balaban J connectivity index is 1.66. The molecule has 1 aliphatic heterocycles. The van der Waals surface area contributed by atoms with Gasteiger partial charge in [-0.1, -0.05) is 6.42 Å². The zero-order chi connectivity index (χ0) is 15.7. The van der Waals surface area contributed by atoms with Crippen molar-refractivity contribution in [2.75, 3.05) is 6.54 Å². The fourth-order valence-corrected chi connectivity index (χ4v) is 3.14. The number of hydrogen-bond donors (Lipinski definition) is 3. The van der Waals surface area contributed by atoms with Gasteiger partial charge < -0.3 is 10.6 Å². The first-order valence-electron chi connectivity index (χ1n) is 7.04. The smallest absolute Gasteiger partial charge is 0.322 e. The molecule has 2 fully saturated rings. The summed E-state index contributed by atoms with van der Waals surface area (Å²) in [6.07, 6.45) is 3.05. The predicted octanol–water partition coefficient (Wildman–Crippen LogP) is 0.329. The predicted molar refractivity (Wildman–Crippen MR) is 73.3 cm³/mol. The lowest BCUT2D eigenvalue weighted by Gasteiger charge is -2.28. The lowest BCUT2D eigenvalue weighted by Crippen LogP contribution is -2.53. The molecule has 1 spiro atoms. The Morgan fingerprint density at radius 2 is 2.27 bits per heavy atom. The van der Waals surface area contributed by atoms with Crippen molar-refractivity contribution in [2.24, 2.45) is 5.92 Å². The zero-order valence-electron chi connectivity index (χ0n) is 11.7. The molecule has 8 heteroatoms. The molecule has 4 amide bonds. The molecule has 0 bridgehead atoms. The van der Waals surface area contributed by atoms with Crippen LogP contribution < -0.4 is 16.0 Å². The molecule has 7 nitrogen and oxygen atoms in total. The van der Waals surface area contributed by atoms with Gasteiger partial charge in [0.2, 0.25) is 0 Å². The fourth-order valence-electron chi connectivity index (χ4n) is 3.14. The Bertz CT molecular complexity index is 633. The first kappa shape index (κ1) is 14.4. The van der Waals surface area contributed by atoms with Gasteiger partial charge in [0, 0.05) is 12.5 Å². The summed E-state index contributed by atoms with van der Waals surface area (Å²) in [7, 11) is 0. The van der Waals surface area contributed by atoms with Gasteiger partial charge in [-0.05, 0) is 25.0 Å². The Labute approximate surface area is 125 Å². The van der Waals surface area contributed by atoms with Gasteiger partial charge in [-0.2, -0.15) is 0 Å². The number of rotatable bonds is 3. The summed E-state index contributed by atoms with van der Waals surface area (Å²) in [5, 5.41) is 7.63. The third-order valence-electron chi connectivity index (χ3n) is 4.26. The highest BCUT2D eigenvalue weighted by Gasteiger charge is 2.54. The van der Waals surface area contributed by atoms with Crippen molar-refractivity contribution in [2.45, 2.75) is 24.8 Å². The summed E-state index contributed by atoms with van der Waals surface area (Å²) in [5.74, 6) is -1.47. The van der Waals surface area contributed by atoms with Crippen molar-refractivity contribution in [3.05, 3.63) is 29.8 Å². The summed E-state index contributed by atoms with van der Waals surface area (Å²) in [4.78, 5) is 39.1. The highest BCUT2D eigenvalue weighted by atomic mass is 19.1. The molecule has 1 aromatic heterocycles. The second-order valence-electron chi connectivity index (χ2n) is 5.54. The number of carbonyl (C=O) groups excluding carboxylic acids is 3. The number of hydrogen-bond acceptors (Lipinski definition) is 4. The molecular weight excluding hydrogens is 291 g/mol. The third kappa shape index (κ3) is 2.40. The van der Waals surface area contributed by atoms with Crippen LogP contribution in [0.3, 0.4) is 0 Å². The molecule has 2 heterocycles. The maximum atomic E-state index is 12.8. The minimum atomic E-state index is -0.930. The maximum Gasteiger partial charge on any atom is 0.322 e. The van der Waals surface area contributed by atoms with E-state index < -0.39 is 23.3 Å². The number of urea groups is 1. The highest BCUT2D eigenvalue weighted by Crippen LogP contribution is 2.37. The van der Waals surface area contributed by atoms with E-state index in [4.69, 9.17) is 0 Å². The van der Waals surface area contributed by atoms with Crippen molar-refractivity contribution in [3.8, 4) is 0 Å². The molecule has 116 valence electrons. The summed E-state index contributed by atoms with van der Waals surface area (Å²) >= 11 is 0. The molecule has 0 aromatic carbocycles. The molecule has 1 saturated heterocycles. The van der Waals surface area contributed by atoms with Crippen LogP contribution in [-0.4, -0.2) is 34.9 Å². The number of halogens is 1. The Morgan fingerprint density at radius 1 is 1.45 bits per heavy atom. The SMILES string of the molecule is O=C1NC(=O)[C@]2(CCC[C@@H]2CNC(=O)c2ccc(F)cn2)N1. The molecule has 3 rings (SSSR count). The number of carbonyl (C=O) groups is 3. The van der Waals surface area contributed by atoms with Crippen molar-refractivity contribution >= 4 is 17.8 Å². The van der Waals surface area contributed by atoms with E-state index in [1.54, 1.807) is 0 Å². The average molecular weight is 306 g/mol. The Morgan fingerprint density at radius 3 is 2.91 bits per heavy atom. The average Bonchev–Trinajstić information content (AvgIpc) is 3.01. The minimum absolute atomic E-state index is 0.105. The van der Waals surface area contributed by atoms with E-state index in [2.05, 4.69) is 20.9 Å². The molecule has 0 unspecified atom stereocenters. The monoisotopic (exact) mass is 306 g/mol. The molecular formula is C14H15FN4O3. The first-order valence-corrected chi connectivity index (χ1v) is 7.04. The summed E-state index contributed by atoms with van der Waals surface area (Å²) in [6, 6.07) is 1.95. The van der Waals surface area contributed by atoms with Gasteiger partial charge >= 0.3 is 6.03 Å². The Kier molecular flexibility index (Phi) is 3.51. The van der Waals surface area contributed by atoms with Gasteiger partial charge in [-0.25, -0.2) is 14.2 Å². The van der Waals surface area contributed by atoms with Crippen molar-refractivity contribution < 1.29 is 18.8 Å². The van der Waals surface area contributed by atoms with Gasteiger partial charge in [0.1, 0.15) is 17.1 Å². The lowest BCUT2D eigenvalue weighted by molar-refractivity contribution is -0.125. The number of pyridine rings is 1. The van der Waals surface area contributed by atoms with E-state index in [1.807, 2.05) is 0 Å². The zero-order valence-corrected chi connectivity index (χ0v) is 11.7. The number of nitrogens with one attached hydrogen (secondary N) is 3. The number of amides is 4. The van der Waals surface area contributed by atoms with Gasteiger partial charge in [-0.15, -0.1) is 0 Å². The molecule has 1 aliphatic carbocycles. The molecule has 1 saturated carbocycles. The van der Waals surface area contributed by atoms with Crippen LogP contribution in [0, 0.1) is 11.7 Å². The maximum absolute atomic E-state index is 12.8. The second-order valence-corrected chi connectivity index (χ2v) is 5.54. The molecule has 0 radical (unpaired) electrons. The van der Waals surface area contributed by atoms with E-state index >= 15 is 0 Å². The van der Waals surface area contributed by atoms with Crippen LogP contribution in [-0.2, 0) is 4.79 Å². The third-order valence-corrected chi connectivity index (χ3v) is 4.26. The topological polar surface area (TPSA) is 100 Å². The summed E-state index contributed by atoms with van der Waals surface area (Å²) < 4.78 is 12.8. The molecule has 1 aromatic rings. The summed E-state index contributed by atoms with van der Waals surface area (Å²) in [6.45, 7) is 0.242. The molecule has 2 atom stereocenters. The minimum Gasteiger partial charge on any atom is -0.350 e. The molecule has 3 N–H and O–H groups in total. The van der Waals surface area contributed by atoms with Crippen molar-refractivity contribution in [1.82, 2.24) is 20.9 Å². The first-order chi connectivity index (χ1) is 10.5. The van der Waals surface area contributed by atoms with E-state index in [0.717, 1.165) is 25.1 Å². The van der Waals surface area contributed by atoms with Gasteiger partial charge in [0.15, 0.2) is 0 Å². The van der Waals surface area contributed by atoms with Crippen LogP contribution in [0.2, 0.25) is 0 Å². The summed E-state index contributed by atoms with van der Waals surface area (Å²) in [5.41, 5.74) is -0.825. The largest absolute Gasteiger partial charge is 0.350 e. The molecule has 22 heavy (non-hydrogen) atoms. The second kappa shape index (κ2) is 5.36. The quantitative estimate of drug-likeness (QED) is 0.701. The fraction of sp³-hybridized carbons (Fsp3) is 0.429. The standard InChI is InChI=1S/C14H15FN4O3/c15-9-3-4-10(16-7-9)11(20)17-6-8-2-1-5-14(8)12(21)18-13(22)19-14/h3-4,7-8H,1-2,5-6H2,(H,17,20)(H2,18,19,21,22)/t8-,14-/m1/s1. The van der Waals surface area contributed by atoms with Gasteiger partial charge in [0.25, 0.3) is 11.8 Å². The molecule has 2 aliphatic rings. The number of imide groups is 1. The van der Waals surface area contributed by atoms with Gasteiger partial charge in [0.05, 0.1) is 6.20 Å². The van der Waals surface area contributed by atoms with Crippen LogP contribution in [0.25, 0.3) is 0 Å². The lowest BCUT2D eigenvalue weighted by atomic mass is 9.87. The van der Waals surface area contributed by atoms with Crippen LogP contribution >= 0.6 is 0 Å². The normalized spacial score (nSPS) is 26.9. The van der Waals surface area contributed by atoms with Crippen LogP contribution in [0.1, 0.15) is 29.8 Å². The van der Waals surface area contributed by atoms with Gasteiger partial charge in [-0.3, -0.25) is 14.9 Å². The van der Waals surface area contributed by atoms with E-state index in [9.17, 15) is 18.8 Å². The Hall–Kier alpha value is -2.51. The van der Waals surface area contributed by atoms with Crippen LogP contribution in [0.4, 0.5) is 9.18 Å². The van der Waals surface area contributed by atoms with Crippen molar-refractivity contribution in [1.29, 1.82) is 0 Å². The van der Waals surface area contributed by atoms with E-state index in [1.165, 1.54) is 6.07 Å². The number of nitrogens with zero attached hydrogens (tertiary/aromatic N) is 1. The highest BCUT2D eigenvalue weighted by molar-refractivity contribution is 6.07. The number of aromatic nitrogens is 1. The van der Waals surface area contributed by atoms with E-state index in [0.29, 0.717) is 6.42 Å². The van der Waals surface area contributed by atoms with E-state index in [-0.39, 0.29) is 24.1 Å². The van der Waals surface area contributed by atoms with Crippen LogP contribution in [0.5, 0.6) is 0 Å².